The van der Waals surface area contributed by atoms with E-state index in [1.165, 1.54) is 17.0 Å². The molecular weight excluding hydrogens is 262 g/mol. The predicted octanol–water partition coefficient (Wildman–Crippen LogP) is 2.96. The van der Waals surface area contributed by atoms with Gasteiger partial charge in [0.1, 0.15) is 5.01 Å². The summed E-state index contributed by atoms with van der Waals surface area (Å²) in [6, 6.07) is 6.58. The van der Waals surface area contributed by atoms with E-state index in [-0.39, 0.29) is 5.69 Å². The van der Waals surface area contributed by atoms with Crippen LogP contribution >= 0.6 is 11.3 Å². The number of nitrogens with one attached hydrogen (secondary N) is 1. The van der Waals surface area contributed by atoms with E-state index in [1.54, 1.807) is 23.5 Å². The van der Waals surface area contributed by atoms with Gasteiger partial charge >= 0.3 is 0 Å². The second kappa shape index (κ2) is 5.90. The number of aromatic nitrogens is 1. The van der Waals surface area contributed by atoms with Crippen molar-refractivity contribution in [2.24, 2.45) is 0 Å². The topological polar surface area (TPSA) is 68.1 Å². The van der Waals surface area contributed by atoms with Crippen molar-refractivity contribution in [3.05, 3.63) is 55.5 Å². The summed E-state index contributed by atoms with van der Waals surface area (Å²) < 4.78 is 0. The van der Waals surface area contributed by atoms with E-state index in [0.717, 1.165) is 22.8 Å². The van der Waals surface area contributed by atoms with Crippen molar-refractivity contribution in [1.82, 2.24) is 10.3 Å². The number of benzene rings is 1. The molecule has 6 heteroatoms. The summed E-state index contributed by atoms with van der Waals surface area (Å²) in [4.78, 5) is 15.8. The highest BCUT2D eigenvalue weighted by atomic mass is 32.1. The predicted molar refractivity (Wildman–Crippen MR) is 75.2 cm³/mol. The highest BCUT2D eigenvalue weighted by molar-refractivity contribution is 7.11. The smallest absolute Gasteiger partial charge is 0.269 e. The van der Waals surface area contributed by atoms with Crippen LogP contribution in [0.1, 0.15) is 21.1 Å². The second-order valence-electron chi connectivity index (χ2n) is 4.28. The van der Waals surface area contributed by atoms with Crippen LogP contribution in [0.3, 0.4) is 0 Å². The Bertz CT molecular complexity index is 559. The maximum Gasteiger partial charge on any atom is 0.269 e. The van der Waals surface area contributed by atoms with Gasteiger partial charge in [0.25, 0.3) is 5.69 Å². The zero-order chi connectivity index (χ0) is 13.8. The number of nitro groups is 1. The lowest BCUT2D eigenvalue weighted by Crippen LogP contribution is -2.12. The molecular formula is C13H15N3O2S. The molecule has 0 fully saturated rings. The van der Waals surface area contributed by atoms with E-state index >= 15 is 0 Å². The summed E-state index contributed by atoms with van der Waals surface area (Å²) in [7, 11) is 0. The van der Waals surface area contributed by atoms with Crippen LogP contribution in [-0.2, 0) is 13.1 Å². The van der Waals surface area contributed by atoms with E-state index in [0.29, 0.717) is 6.54 Å². The van der Waals surface area contributed by atoms with Gasteiger partial charge in [-0.3, -0.25) is 10.1 Å². The summed E-state index contributed by atoms with van der Waals surface area (Å²) in [5.41, 5.74) is 2.22. The monoisotopic (exact) mass is 277 g/mol. The number of hydrogen-bond acceptors (Lipinski definition) is 5. The molecule has 100 valence electrons. The zero-order valence-corrected chi connectivity index (χ0v) is 11.7. The normalized spacial score (nSPS) is 10.6. The van der Waals surface area contributed by atoms with Crippen LogP contribution in [-0.4, -0.2) is 9.91 Å². The zero-order valence-electron chi connectivity index (χ0n) is 10.8. The van der Waals surface area contributed by atoms with Gasteiger partial charge in [0, 0.05) is 30.1 Å². The minimum Gasteiger partial charge on any atom is -0.306 e. The van der Waals surface area contributed by atoms with Gasteiger partial charge in [-0.25, -0.2) is 4.98 Å². The average molecular weight is 277 g/mol. The Morgan fingerprint density at radius 3 is 2.47 bits per heavy atom. The van der Waals surface area contributed by atoms with Crippen molar-refractivity contribution in [1.29, 1.82) is 0 Å². The van der Waals surface area contributed by atoms with Gasteiger partial charge in [0.15, 0.2) is 0 Å². The van der Waals surface area contributed by atoms with Gasteiger partial charge in [-0.15, -0.1) is 11.3 Å². The van der Waals surface area contributed by atoms with Gasteiger partial charge in [0.2, 0.25) is 0 Å². The molecule has 1 N–H and O–H groups in total. The Balaban J connectivity index is 1.87. The minimum atomic E-state index is -0.391. The molecule has 0 spiro atoms. The van der Waals surface area contributed by atoms with E-state index < -0.39 is 4.92 Å². The van der Waals surface area contributed by atoms with Crippen LogP contribution in [0.15, 0.2) is 24.3 Å². The van der Waals surface area contributed by atoms with Crippen molar-refractivity contribution < 1.29 is 4.92 Å². The fourth-order valence-corrected chi connectivity index (χ4v) is 2.57. The standard InChI is InChI=1S/C13H15N3O2S/c1-9-10(2)19-13(15-9)8-14-7-11-3-5-12(6-4-11)16(17)18/h3-6,14H,7-8H2,1-2H3. The van der Waals surface area contributed by atoms with Crippen molar-refractivity contribution >= 4 is 17.0 Å². The van der Waals surface area contributed by atoms with Crippen LogP contribution in [0, 0.1) is 24.0 Å². The molecule has 2 rings (SSSR count). The summed E-state index contributed by atoms with van der Waals surface area (Å²) >= 11 is 1.69. The maximum absolute atomic E-state index is 10.5. The molecule has 1 heterocycles. The van der Waals surface area contributed by atoms with E-state index in [4.69, 9.17) is 0 Å². The molecule has 0 saturated heterocycles. The fraction of sp³-hybridized carbons (Fsp3) is 0.308. The number of nitro benzene ring substituents is 1. The molecule has 0 aliphatic heterocycles. The largest absolute Gasteiger partial charge is 0.306 e. The molecule has 5 nitrogen and oxygen atoms in total. The van der Waals surface area contributed by atoms with E-state index in [1.807, 2.05) is 6.92 Å². The molecule has 0 bridgehead atoms. The van der Waals surface area contributed by atoms with Crippen molar-refractivity contribution in [3.63, 3.8) is 0 Å². The first-order valence-electron chi connectivity index (χ1n) is 5.93. The molecule has 0 aliphatic carbocycles. The summed E-state index contributed by atoms with van der Waals surface area (Å²) in [6.07, 6.45) is 0. The number of nitrogens with zero attached hydrogens (tertiary/aromatic N) is 2. The molecule has 2 aromatic rings. The van der Waals surface area contributed by atoms with Crippen LogP contribution in [0.2, 0.25) is 0 Å². The lowest BCUT2D eigenvalue weighted by atomic mass is 10.2. The quantitative estimate of drug-likeness (QED) is 0.674. The number of hydrogen-bond donors (Lipinski definition) is 1. The molecule has 1 aromatic heterocycles. The van der Waals surface area contributed by atoms with Gasteiger partial charge in [-0.05, 0) is 19.4 Å². The van der Waals surface area contributed by atoms with Gasteiger partial charge < -0.3 is 5.32 Å². The molecule has 0 radical (unpaired) electrons. The molecule has 0 aliphatic rings. The van der Waals surface area contributed by atoms with Crippen molar-refractivity contribution in [2.75, 3.05) is 0 Å². The molecule has 0 saturated carbocycles. The first-order valence-corrected chi connectivity index (χ1v) is 6.75. The molecule has 0 unspecified atom stereocenters. The van der Waals surface area contributed by atoms with Gasteiger partial charge in [0.05, 0.1) is 10.6 Å². The average Bonchev–Trinajstić information content (AvgIpc) is 2.69. The van der Waals surface area contributed by atoms with Crippen molar-refractivity contribution in [2.45, 2.75) is 26.9 Å². The Labute approximate surface area is 115 Å². The number of rotatable bonds is 5. The Morgan fingerprint density at radius 2 is 1.95 bits per heavy atom. The Hall–Kier alpha value is -1.79. The minimum absolute atomic E-state index is 0.120. The lowest BCUT2D eigenvalue weighted by Gasteiger charge is -2.02. The van der Waals surface area contributed by atoms with Crippen molar-refractivity contribution in [3.8, 4) is 0 Å². The van der Waals surface area contributed by atoms with E-state index in [9.17, 15) is 10.1 Å². The number of aryl methyl sites for hydroxylation is 2. The number of non-ortho nitro benzene ring substituents is 1. The van der Waals surface area contributed by atoms with Crippen LogP contribution in [0.25, 0.3) is 0 Å². The number of thiazole rings is 1. The summed E-state index contributed by atoms with van der Waals surface area (Å²) in [6.45, 7) is 5.46. The first-order chi connectivity index (χ1) is 9.06. The maximum atomic E-state index is 10.5. The lowest BCUT2D eigenvalue weighted by molar-refractivity contribution is -0.384. The second-order valence-corrected chi connectivity index (χ2v) is 5.56. The highest BCUT2D eigenvalue weighted by Crippen LogP contribution is 2.16. The third-order valence-corrected chi connectivity index (χ3v) is 3.90. The molecule has 1 aromatic carbocycles. The Morgan fingerprint density at radius 1 is 1.26 bits per heavy atom. The molecule has 0 atom stereocenters. The summed E-state index contributed by atoms with van der Waals surface area (Å²) in [5, 5.41) is 14.9. The van der Waals surface area contributed by atoms with Crippen LogP contribution in [0.4, 0.5) is 5.69 Å². The van der Waals surface area contributed by atoms with Gasteiger partial charge in [-0.1, -0.05) is 12.1 Å². The molecule has 0 amide bonds. The van der Waals surface area contributed by atoms with E-state index in [2.05, 4.69) is 17.2 Å². The van der Waals surface area contributed by atoms with Crippen LogP contribution < -0.4 is 5.32 Å². The Kier molecular flexibility index (Phi) is 4.24. The SMILES string of the molecule is Cc1nc(CNCc2ccc([N+](=O)[O-])cc2)sc1C. The van der Waals surface area contributed by atoms with Crippen LogP contribution in [0.5, 0.6) is 0 Å². The highest BCUT2D eigenvalue weighted by Gasteiger charge is 2.05. The third kappa shape index (κ3) is 3.59. The molecule has 19 heavy (non-hydrogen) atoms. The first kappa shape index (κ1) is 13.6. The third-order valence-electron chi connectivity index (χ3n) is 2.83. The summed E-state index contributed by atoms with van der Waals surface area (Å²) in [5.74, 6) is 0. The fourth-order valence-electron chi connectivity index (χ4n) is 1.66. The van der Waals surface area contributed by atoms with Gasteiger partial charge in [-0.2, -0.15) is 0 Å².